The molecule has 0 aromatic carbocycles. The first-order valence-corrected chi connectivity index (χ1v) is 14.4. The van der Waals surface area contributed by atoms with Gasteiger partial charge in [-0.3, -0.25) is 19.1 Å². The van der Waals surface area contributed by atoms with Gasteiger partial charge >= 0.3 is 0 Å². The summed E-state index contributed by atoms with van der Waals surface area (Å²) in [5.74, 6) is 0.621. The minimum Gasteiger partial charge on any atom is -0.395 e. The zero-order chi connectivity index (χ0) is 26.6. The van der Waals surface area contributed by atoms with E-state index in [0.717, 1.165) is 18.2 Å². The summed E-state index contributed by atoms with van der Waals surface area (Å²) in [6.45, 7) is 8.58. The van der Waals surface area contributed by atoms with Crippen LogP contribution >= 0.6 is 20.3 Å². The van der Waals surface area contributed by atoms with E-state index in [4.69, 9.17) is 24.3 Å². The first-order chi connectivity index (χ1) is 17.7. The summed E-state index contributed by atoms with van der Waals surface area (Å²) in [5, 5.41) is 9.32. The minimum atomic E-state index is -1.36. The zero-order valence-electron chi connectivity index (χ0n) is 21.3. The third-order valence-corrected chi connectivity index (χ3v) is 9.05. The maximum absolute atomic E-state index is 12.3. The van der Waals surface area contributed by atoms with Gasteiger partial charge in [0, 0.05) is 24.8 Å². The van der Waals surface area contributed by atoms with Gasteiger partial charge in [-0.1, -0.05) is 18.7 Å². The molecule has 2 aromatic heterocycles. The van der Waals surface area contributed by atoms with Crippen LogP contribution in [0.25, 0.3) is 11.2 Å². The van der Waals surface area contributed by atoms with Gasteiger partial charge in [-0.25, -0.2) is 9.65 Å². The third-order valence-electron chi connectivity index (χ3n) is 6.23. The number of nitrogen functional groups attached to an aromatic ring is 1. The number of rotatable bonds is 11. The highest BCUT2D eigenvalue weighted by Crippen LogP contribution is 2.45. The van der Waals surface area contributed by atoms with Crippen molar-refractivity contribution in [1.29, 1.82) is 0 Å². The van der Waals surface area contributed by atoms with E-state index in [0.29, 0.717) is 50.9 Å². The molecule has 15 heteroatoms. The highest BCUT2D eigenvalue weighted by molar-refractivity contribution is 8.13. The van der Waals surface area contributed by atoms with Gasteiger partial charge in [0.1, 0.15) is 6.23 Å². The molecule has 0 radical (unpaired) electrons. The molecule has 4 heterocycles. The number of aromatic nitrogens is 4. The van der Waals surface area contributed by atoms with Crippen LogP contribution in [-0.2, 0) is 23.3 Å². The highest BCUT2D eigenvalue weighted by atomic mass is 32.2. The predicted molar refractivity (Wildman–Crippen MR) is 140 cm³/mol. The second-order valence-electron chi connectivity index (χ2n) is 9.75. The molecule has 2 saturated heterocycles. The molecule has 4 unspecified atom stereocenters. The molecule has 37 heavy (non-hydrogen) atoms. The summed E-state index contributed by atoms with van der Waals surface area (Å²) in [6, 6.07) is 0. The van der Waals surface area contributed by atoms with E-state index in [2.05, 4.69) is 26.5 Å². The fourth-order valence-electron chi connectivity index (χ4n) is 4.07. The average molecular weight is 559 g/mol. The lowest BCUT2D eigenvalue weighted by Gasteiger charge is -2.32. The monoisotopic (exact) mass is 558 g/mol. The minimum absolute atomic E-state index is 0.0258. The molecule has 2 aliphatic rings. The molecule has 2 fully saturated rings. The summed E-state index contributed by atoms with van der Waals surface area (Å²) in [7, 11) is -1.36. The molecular formula is C22H35N6O7PS. The van der Waals surface area contributed by atoms with Crippen LogP contribution in [0.4, 0.5) is 5.95 Å². The van der Waals surface area contributed by atoms with Crippen LogP contribution < -0.4 is 11.3 Å². The van der Waals surface area contributed by atoms with Gasteiger partial charge < -0.3 is 29.4 Å². The van der Waals surface area contributed by atoms with E-state index in [1.165, 1.54) is 0 Å². The number of hydrogen-bond donors (Lipinski definition) is 3. The van der Waals surface area contributed by atoms with Gasteiger partial charge in [0.2, 0.25) is 5.95 Å². The Bertz CT molecular complexity index is 1120. The molecule has 0 bridgehead atoms. The Balaban J connectivity index is 1.34. The molecule has 0 saturated carbocycles. The van der Waals surface area contributed by atoms with Gasteiger partial charge in [0.05, 0.1) is 50.9 Å². The van der Waals surface area contributed by atoms with Crippen LogP contribution in [0.5, 0.6) is 0 Å². The SMILES string of the molecule is CC1CC(COP(OCCSC(=O)C(C)(C)CO)N2CCOCC2)OC1n1cnc2c(=O)[nH]c(N)nc21. The Hall–Kier alpha value is -1.64. The van der Waals surface area contributed by atoms with Crippen molar-refractivity contribution < 1.29 is 28.4 Å². The molecule has 13 nitrogen and oxygen atoms in total. The van der Waals surface area contributed by atoms with Crippen molar-refractivity contribution in [3.8, 4) is 0 Å². The van der Waals surface area contributed by atoms with E-state index in [-0.39, 0.29) is 47.0 Å². The Morgan fingerprint density at radius 1 is 1.38 bits per heavy atom. The van der Waals surface area contributed by atoms with Crippen molar-refractivity contribution in [2.24, 2.45) is 11.3 Å². The van der Waals surface area contributed by atoms with E-state index in [1.54, 1.807) is 24.7 Å². The van der Waals surface area contributed by atoms with Crippen LogP contribution in [-0.4, -0.2) is 92.4 Å². The normalized spacial score (nSPS) is 24.1. The second-order valence-corrected chi connectivity index (χ2v) is 12.4. The summed E-state index contributed by atoms with van der Waals surface area (Å²) < 4.78 is 28.0. The second kappa shape index (κ2) is 12.5. The molecule has 4 atom stereocenters. The fraction of sp³-hybridized carbons (Fsp3) is 0.727. The number of aromatic amines is 1. The van der Waals surface area contributed by atoms with Crippen molar-refractivity contribution in [3.05, 3.63) is 16.7 Å². The smallest absolute Gasteiger partial charge is 0.280 e. The van der Waals surface area contributed by atoms with Gasteiger partial charge in [-0.2, -0.15) is 4.98 Å². The highest BCUT2D eigenvalue weighted by Gasteiger charge is 2.36. The van der Waals surface area contributed by atoms with Crippen LogP contribution in [0.15, 0.2) is 11.1 Å². The number of H-pyrrole nitrogens is 1. The van der Waals surface area contributed by atoms with Crippen molar-refractivity contribution in [2.45, 2.75) is 39.5 Å². The quantitative estimate of drug-likeness (QED) is 0.269. The molecule has 4 rings (SSSR count). The van der Waals surface area contributed by atoms with E-state index in [1.807, 2.05) is 0 Å². The molecule has 0 aliphatic carbocycles. The molecule has 2 aromatic rings. The number of nitrogens with zero attached hydrogens (tertiary/aromatic N) is 4. The lowest BCUT2D eigenvalue weighted by Crippen LogP contribution is -2.34. The maximum atomic E-state index is 12.3. The molecule has 0 spiro atoms. The van der Waals surface area contributed by atoms with E-state index < -0.39 is 13.9 Å². The Labute approximate surface area is 220 Å². The van der Waals surface area contributed by atoms with Crippen LogP contribution in [0, 0.1) is 11.3 Å². The lowest BCUT2D eigenvalue weighted by molar-refractivity contribution is -0.119. The lowest BCUT2D eigenvalue weighted by atomic mass is 9.97. The summed E-state index contributed by atoms with van der Waals surface area (Å²) in [5.41, 5.74) is 5.17. The fourth-order valence-corrected chi connectivity index (χ4v) is 6.43. The number of carbonyl (C=O) groups excluding carboxylic acids is 1. The van der Waals surface area contributed by atoms with E-state index in [9.17, 15) is 14.7 Å². The number of nitrogens with one attached hydrogen (secondary N) is 1. The predicted octanol–water partition coefficient (Wildman–Crippen LogP) is 1.50. The van der Waals surface area contributed by atoms with Gasteiger partial charge in [0.15, 0.2) is 16.3 Å². The maximum Gasteiger partial charge on any atom is 0.280 e. The van der Waals surface area contributed by atoms with Gasteiger partial charge in [0.25, 0.3) is 14.1 Å². The Morgan fingerprint density at radius 2 is 2.14 bits per heavy atom. The van der Waals surface area contributed by atoms with Crippen LogP contribution in [0.3, 0.4) is 0 Å². The largest absolute Gasteiger partial charge is 0.395 e. The average Bonchev–Trinajstić information content (AvgIpc) is 3.46. The molecular weight excluding hydrogens is 523 g/mol. The molecule has 0 amide bonds. The number of carbonyl (C=O) groups is 1. The van der Waals surface area contributed by atoms with E-state index >= 15 is 0 Å². The van der Waals surface area contributed by atoms with Gasteiger partial charge in [-0.05, 0) is 20.3 Å². The number of morpholine rings is 1. The topological polar surface area (TPSA) is 167 Å². The number of anilines is 1. The Kier molecular flexibility index (Phi) is 9.57. The number of thioether (sulfide) groups is 1. The van der Waals surface area contributed by atoms with Gasteiger partial charge in [-0.15, -0.1) is 0 Å². The number of aliphatic hydroxyl groups excluding tert-OH is 1. The van der Waals surface area contributed by atoms with Crippen molar-refractivity contribution in [2.75, 3.05) is 57.6 Å². The first kappa shape index (κ1) is 28.4. The number of nitrogens with two attached hydrogens (primary N) is 1. The number of fused-ring (bicyclic) bond motifs is 1. The number of imidazole rings is 1. The number of ether oxygens (including phenoxy) is 2. The molecule has 4 N–H and O–H groups in total. The summed E-state index contributed by atoms with van der Waals surface area (Å²) in [6.07, 6.45) is 1.75. The van der Waals surface area contributed by atoms with Crippen LogP contribution in [0.2, 0.25) is 0 Å². The zero-order valence-corrected chi connectivity index (χ0v) is 23.0. The van der Waals surface area contributed by atoms with Crippen molar-refractivity contribution >= 4 is 42.5 Å². The van der Waals surface area contributed by atoms with Crippen molar-refractivity contribution in [1.82, 2.24) is 24.2 Å². The summed E-state index contributed by atoms with van der Waals surface area (Å²) >= 11 is 1.16. The standard InChI is InChI=1S/C22H35N6O7PS/c1-14-10-15(35-19(14)28-13-24-16-17(28)25-21(23)26-18(16)30)11-34-36(27-4-6-32-7-5-27)33-8-9-37-20(31)22(2,3)12-29/h13-15,19,29H,4-12H2,1-3H3,(H3,23,25,26,30). The van der Waals surface area contributed by atoms with Crippen LogP contribution in [0.1, 0.15) is 33.4 Å². The van der Waals surface area contributed by atoms with Crippen molar-refractivity contribution in [3.63, 3.8) is 0 Å². The third kappa shape index (κ3) is 6.87. The number of aliphatic hydroxyl groups is 1. The first-order valence-electron chi connectivity index (χ1n) is 12.2. The Morgan fingerprint density at radius 3 is 2.86 bits per heavy atom. The number of hydrogen-bond acceptors (Lipinski definition) is 12. The summed E-state index contributed by atoms with van der Waals surface area (Å²) in [4.78, 5) is 35.3. The molecule has 206 valence electrons. The molecule has 2 aliphatic heterocycles.